The van der Waals surface area contributed by atoms with E-state index < -0.39 is 0 Å². The molecule has 0 atom stereocenters. The van der Waals surface area contributed by atoms with Crippen LogP contribution in [-0.4, -0.2) is 14.8 Å². The second kappa shape index (κ2) is 4.45. The molecular formula is C13H14BrNO2. The summed E-state index contributed by atoms with van der Waals surface area (Å²) < 4.78 is 2.49. The second-order valence-electron chi connectivity index (χ2n) is 4.11. The van der Waals surface area contributed by atoms with E-state index in [2.05, 4.69) is 15.9 Å². The lowest BCUT2D eigenvalue weighted by Crippen LogP contribution is -1.98. The van der Waals surface area contributed by atoms with Crippen molar-refractivity contribution in [1.82, 2.24) is 4.57 Å². The van der Waals surface area contributed by atoms with Crippen LogP contribution in [0.2, 0.25) is 0 Å². The van der Waals surface area contributed by atoms with Crippen molar-refractivity contribution in [2.75, 3.05) is 0 Å². The molecule has 0 aliphatic rings. The van der Waals surface area contributed by atoms with Crippen LogP contribution in [-0.2, 0) is 6.54 Å². The van der Waals surface area contributed by atoms with E-state index in [0.717, 1.165) is 21.2 Å². The lowest BCUT2D eigenvalue weighted by molar-refractivity contribution is 0.375. The van der Waals surface area contributed by atoms with Crippen LogP contribution in [0.25, 0.3) is 0 Å². The molecule has 1 heterocycles. The summed E-state index contributed by atoms with van der Waals surface area (Å²) in [6.45, 7) is 4.04. The Morgan fingerprint density at radius 2 is 1.71 bits per heavy atom. The van der Waals surface area contributed by atoms with E-state index in [-0.39, 0.29) is 11.8 Å². The van der Waals surface area contributed by atoms with E-state index in [1.807, 2.05) is 24.3 Å². The summed E-state index contributed by atoms with van der Waals surface area (Å²) in [6, 6.07) is 7.78. The van der Waals surface area contributed by atoms with Gasteiger partial charge < -0.3 is 10.2 Å². The number of rotatable bonds is 2. The summed E-state index contributed by atoms with van der Waals surface area (Å²) >= 11 is 3.40. The van der Waals surface area contributed by atoms with Crippen LogP contribution in [0, 0.1) is 13.8 Å². The highest BCUT2D eigenvalue weighted by Crippen LogP contribution is 2.32. The van der Waals surface area contributed by atoms with Crippen LogP contribution >= 0.6 is 15.9 Å². The number of nitrogens with zero attached hydrogens (tertiary/aromatic N) is 1. The number of hydrogen-bond acceptors (Lipinski definition) is 2. The zero-order valence-electron chi connectivity index (χ0n) is 9.74. The minimum atomic E-state index is 0.125. The third-order valence-corrected chi connectivity index (χ3v) is 3.47. The average Bonchev–Trinajstić information content (AvgIpc) is 2.47. The minimum Gasteiger partial charge on any atom is -0.494 e. The number of halogens is 1. The molecule has 2 aromatic rings. The molecule has 0 radical (unpaired) electrons. The first-order chi connectivity index (χ1) is 8.00. The molecule has 0 bridgehead atoms. The smallest absolute Gasteiger partial charge is 0.197 e. The topological polar surface area (TPSA) is 45.4 Å². The quantitative estimate of drug-likeness (QED) is 0.893. The Labute approximate surface area is 108 Å². The van der Waals surface area contributed by atoms with Gasteiger partial charge in [0.25, 0.3) is 0 Å². The Morgan fingerprint density at radius 1 is 1.12 bits per heavy atom. The van der Waals surface area contributed by atoms with Crippen molar-refractivity contribution < 1.29 is 10.2 Å². The summed E-state index contributed by atoms with van der Waals surface area (Å²) in [4.78, 5) is 0. The van der Waals surface area contributed by atoms with Gasteiger partial charge in [-0.05, 0) is 31.5 Å². The van der Waals surface area contributed by atoms with Crippen LogP contribution in [0.3, 0.4) is 0 Å². The van der Waals surface area contributed by atoms with Crippen molar-refractivity contribution in [1.29, 1.82) is 0 Å². The first-order valence-corrected chi connectivity index (χ1v) is 6.12. The van der Waals surface area contributed by atoms with E-state index in [0.29, 0.717) is 6.54 Å². The van der Waals surface area contributed by atoms with Crippen LogP contribution < -0.4 is 0 Å². The molecule has 3 nitrogen and oxygen atoms in total. The molecular weight excluding hydrogens is 282 g/mol. The standard InChI is InChI=1S/C13H14BrNO2/c1-8-9(2)13(17)15(12(8)16)7-10-4-3-5-11(14)6-10/h3-6,16-17H,7H2,1-2H3. The molecule has 0 saturated carbocycles. The molecule has 0 unspecified atom stereocenters. The van der Waals surface area contributed by atoms with Gasteiger partial charge in [-0.25, -0.2) is 0 Å². The number of aromatic hydroxyl groups is 2. The molecule has 4 heteroatoms. The Kier molecular flexibility index (Phi) is 3.15. The number of benzene rings is 1. The molecule has 0 amide bonds. The highest BCUT2D eigenvalue weighted by Gasteiger charge is 2.15. The maximum absolute atomic E-state index is 9.92. The van der Waals surface area contributed by atoms with Crippen molar-refractivity contribution in [3.63, 3.8) is 0 Å². The molecule has 0 spiro atoms. The molecule has 0 aliphatic carbocycles. The lowest BCUT2D eigenvalue weighted by atomic mass is 10.2. The lowest BCUT2D eigenvalue weighted by Gasteiger charge is -2.07. The Hall–Kier alpha value is -1.42. The van der Waals surface area contributed by atoms with Crippen LogP contribution in [0.5, 0.6) is 11.8 Å². The SMILES string of the molecule is Cc1c(C)c(O)n(Cc2cccc(Br)c2)c1O. The van der Waals surface area contributed by atoms with E-state index in [9.17, 15) is 10.2 Å². The van der Waals surface area contributed by atoms with Gasteiger partial charge >= 0.3 is 0 Å². The van der Waals surface area contributed by atoms with Gasteiger partial charge in [0.1, 0.15) is 0 Å². The first-order valence-electron chi connectivity index (χ1n) is 5.32. The van der Waals surface area contributed by atoms with Gasteiger partial charge in [0.15, 0.2) is 11.8 Å². The summed E-state index contributed by atoms with van der Waals surface area (Å²) in [7, 11) is 0. The van der Waals surface area contributed by atoms with E-state index >= 15 is 0 Å². The molecule has 0 aliphatic heterocycles. The largest absolute Gasteiger partial charge is 0.494 e. The monoisotopic (exact) mass is 295 g/mol. The van der Waals surface area contributed by atoms with Gasteiger partial charge in [-0.3, -0.25) is 4.57 Å². The van der Waals surface area contributed by atoms with Gasteiger partial charge in [0, 0.05) is 15.6 Å². The predicted molar refractivity (Wildman–Crippen MR) is 70.5 cm³/mol. The molecule has 17 heavy (non-hydrogen) atoms. The van der Waals surface area contributed by atoms with Gasteiger partial charge in [-0.15, -0.1) is 0 Å². The predicted octanol–water partition coefficient (Wildman–Crippen LogP) is 3.33. The van der Waals surface area contributed by atoms with E-state index in [4.69, 9.17) is 0 Å². The second-order valence-corrected chi connectivity index (χ2v) is 5.03. The highest BCUT2D eigenvalue weighted by molar-refractivity contribution is 9.10. The van der Waals surface area contributed by atoms with Crippen molar-refractivity contribution in [2.45, 2.75) is 20.4 Å². The van der Waals surface area contributed by atoms with Crippen LogP contribution in [0.1, 0.15) is 16.7 Å². The fourth-order valence-electron chi connectivity index (χ4n) is 1.81. The fraction of sp³-hybridized carbons (Fsp3) is 0.231. The van der Waals surface area contributed by atoms with Gasteiger partial charge in [0.05, 0.1) is 6.54 Å². The van der Waals surface area contributed by atoms with Gasteiger partial charge in [-0.2, -0.15) is 0 Å². The maximum Gasteiger partial charge on any atom is 0.197 e. The first kappa shape index (κ1) is 12.0. The summed E-state index contributed by atoms with van der Waals surface area (Å²) in [5.74, 6) is 0.250. The molecule has 1 aromatic carbocycles. The third-order valence-electron chi connectivity index (χ3n) is 2.97. The normalized spacial score (nSPS) is 10.8. The summed E-state index contributed by atoms with van der Waals surface area (Å²) in [5, 5.41) is 19.8. The average molecular weight is 296 g/mol. The van der Waals surface area contributed by atoms with Gasteiger partial charge in [-0.1, -0.05) is 28.1 Å². The fourth-order valence-corrected chi connectivity index (χ4v) is 2.25. The maximum atomic E-state index is 9.92. The zero-order valence-corrected chi connectivity index (χ0v) is 11.3. The molecule has 0 saturated heterocycles. The molecule has 1 aromatic heterocycles. The zero-order chi connectivity index (χ0) is 12.6. The van der Waals surface area contributed by atoms with Crippen molar-refractivity contribution in [3.8, 4) is 11.8 Å². The van der Waals surface area contributed by atoms with Crippen LogP contribution in [0.15, 0.2) is 28.7 Å². The van der Waals surface area contributed by atoms with E-state index in [1.54, 1.807) is 13.8 Å². The third kappa shape index (κ3) is 2.17. The minimum absolute atomic E-state index is 0.125. The Bertz CT molecular complexity index is 535. The number of aromatic nitrogens is 1. The Morgan fingerprint density at radius 3 is 2.24 bits per heavy atom. The number of hydrogen-bond donors (Lipinski definition) is 2. The molecule has 0 fully saturated rings. The van der Waals surface area contributed by atoms with E-state index in [1.165, 1.54) is 4.57 Å². The van der Waals surface area contributed by atoms with Crippen molar-refractivity contribution >= 4 is 15.9 Å². The Balaban J connectivity index is 2.40. The molecule has 2 N–H and O–H groups in total. The van der Waals surface area contributed by atoms with Crippen molar-refractivity contribution in [3.05, 3.63) is 45.4 Å². The molecule has 90 valence electrons. The van der Waals surface area contributed by atoms with Crippen LogP contribution in [0.4, 0.5) is 0 Å². The summed E-state index contributed by atoms with van der Waals surface area (Å²) in [5.41, 5.74) is 2.45. The molecule has 2 rings (SSSR count). The van der Waals surface area contributed by atoms with Crippen molar-refractivity contribution in [2.24, 2.45) is 0 Å². The highest BCUT2D eigenvalue weighted by atomic mass is 79.9. The summed E-state index contributed by atoms with van der Waals surface area (Å²) in [6.07, 6.45) is 0. The van der Waals surface area contributed by atoms with Gasteiger partial charge in [0.2, 0.25) is 0 Å².